The van der Waals surface area contributed by atoms with Crippen LogP contribution in [0.1, 0.15) is 20.7 Å². The number of pyridine rings is 1. The van der Waals surface area contributed by atoms with Crippen LogP contribution in [0.3, 0.4) is 0 Å². The molecule has 1 amide bonds. The molecule has 1 aromatic heterocycles. The highest BCUT2D eigenvalue weighted by atomic mass is 35.5. The second kappa shape index (κ2) is 6.16. The van der Waals surface area contributed by atoms with E-state index < -0.39 is 11.9 Å². The molecule has 0 bridgehead atoms. The van der Waals surface area contributed by atoms with Crippen molar-refractivity contribution >= 4 is 29.2 Å². The Hall–Kier alpha value is -2.40. The van der Waals surface area contributed by atoms with Crippen molar-refractivity contribution in [2.45, 2.75) is 0 Å². The third-order valence-corrected chi connectivity index (χ3v) is 2.92. The highest BCUT2D eigenvalue weighted by Gasteiger charge is 2.15. The average molecular weight is 291 g/mol. The normalized spacial score (nSPS) is 9.90. The molecule has 1 N–H and O–H groups in total. The molecule has 0 fully saturated rings. The van der Waals surface area contributed by atoms with Gasteiger partial charge in [-0.15, -0.1) is 0 Å². The molecule has 0 unspecified atom stereocenters. The minimum absolute atomic E-state index is 0.230. The SMILES string of the molecule is COC(=O)c1ccccc1NC(=O)c1cnccc1Cl. The molecule has 0 aliphatic rings. The summed E-state index contributed by atoms with van der Waals surface area (Å²) in [6.07, 6.45) is 2.85. The van der Waals surface area contributed by atoms with E-state index in [0.717, 1.165) is 0 Å². The summed E-state index contributed by atoms with van der Waals surface area (Å²) in [5, 5.41) is 2.90. The summed E-state index contributed by atoms with van der Waals surface area (Å²) in [5.41, 5.74) is 0.849. The summed E-state index contributed by atoms with van der Waals surface area (Å²) in [7, 11) is 1.28. The van der Waals surface area contributed by atoms with Crippen LogP contribution in [-0.4, -0.2) is 24.0 Å². The van der Waals surface area contributed by atoms with Gasteiger partial charge in [0.25, 0.3) is 5.91 Å². The standard InChI is InChI=1S/C14H11ClN2O3/c1-20-14(19)9-4-2-3-5-12(9)17-13(18)10-8-16-7-6-11(10)15/h2-8H,1H3,(H,17,18). The van der Waals surface area contributed by atoms with E-state index >= 15 is 0 Å². The van der Waals surface area contributed by atoms with Gasteiger partial charge < -0.3 is 10.1 Å². The van der Waals surface area contributed by atoms with Crippen LogP contribution < -0.4 is 5.32 Å². The van der Waals surface area contributed by atoms with Gasteiger partial charge in [0.05, 0.1) is 28.9 Å². The third-order valence-electron chi connectivity index (χ3n) is 2.59. The van der Waals surface area contributed by atoms with Gasteiger partial charge in [-0.2, -0.15) is 0 Å². The van der Waals surface area contributed by atoms with Crippen LogP contribution in [-0.2, 0) is 4.74 Å². The van der Waals surface area contributed by atoms with E-state index in [1.165, 1.54) is 25.6 Å². The highest BCUT2D eigenvalue weighted by molar-refractivity contribution is 6.34. The number of carbonyl (C=O) groups is 2. The maximum absolute atomic E-state index is 12.1. The fraction of sp³-hybridized carbons (Fsp3) is 0.0714. The number of nitrogens with zero attached hydrogens (tertiary/aromatic N) is 1. The summed E-state index contributed by atoms with van der Waals surface area (Å²) in [4.78, 5) is 27.6. The van der Waals surface area contributed by atoms with Crippen molar-refractivity contribution in [3.8, 4) is 0 Å². The number of rotatable bonds is 3. The van der Waals surface area contributed by atoms with E-state index in [0.29, 0.717) is 5.69 Å². The van der Waals surface area contributed by atoms with Gasteiger partial charge in [0.1, 0.15) is 0 Å². The summed E-state index contributed by atoms with van der Waals surface area (Å²) >= 11 is 5.92. The molecule has 2 rings (SSSR count). The van der Waals surface area contributed by atoms with Crippen molar-refractivity contribution in [2.75, 3.05) is 12.4 Å². The summed E-state index contributed by atoms with van der Waals surface area (Å²) < 4.78 is 4.66. The lowest BCUT2D eigenvalue weighted by Crippen LogP contribution is -2.16. The molecule has 20 heavy (non-hydrogen) atoms. The number of benzene rings is 1. The van der Waals surface area contributed by atoms with Gasteiger partial charge in [0.15, 0.2) is 0 Å². The number of amides is 1. The molecule has 0 saturated carbocycles. The van der Waals surface area contributed by atoms with Crippen LogP contribution >= 0.6 is 11.6 Å². The first-order chi connectivity index (χ1) is 9.63. The van der Waals surface area contributed by atoms with Crippen molar-refractivity contribution in [3.63, 3.8) is 0 Å². The predicted molar refractivity (Wildman–Crippen MR) is 75.0 cm³/mol. The Morgan fingerprint density at radius 1 is 1.20 bits per heavy atom. The largest absolute Gasteiger partial charge is 0.465 e. The number of anilines is 1. The van der Waals surface area contributed by atoms with Gasteiger partial charge in [-0.1, -0.05) is 23.7 Å². The van der Waals surface area contributed by atoms with Crippen LogP contribution in [0.5, 0.6) is 0 Å². The van der Waals surface area contributed by atoms with Crippen molar-refractivity contribution in [2.24, 2.45) is 0 Å². The first-order valence-electron chi connectivity index (χ1n) is 5.71. The summed E-state index contributed by atoms with van der Waals surface area (Å²) in [5.74, 6) is -0.974. The van der Waals surface area contributed by atoms with Crippen molar-refractivity contribution in [3.05, 3.63) is 58.9 Å². The lowest BCUT2D eigenvalue weighted by molar-refractivity contribution is 0.0602. The Morgan fingerprint density at radius 2 is 1.95 bits per heavy atom. The molecule has 2 aromatic rings. The smallest absolute Gasteiger partial charge is 0.339 e. The minimum Gasteiger partial charge on any atom is -0.465 e. The molecule has 5 nitrogen and oxygen atoms in total. The van der Waals surface area contributed by atoms with Crippen LogP contribution in [0.4, 0.5) is 5.69 Å². The average Bonchev–Trinajstić information content (AvgIpc) is 2.47. The Balaban J connectivity index is 2.29. The van der Waals surface area contributed by atoms with Gasteiger partial charge in [-0.05, 0) is 18.2 Å². The lowest BCUT2D eigenvalue weighted by Gasteiger charge is -2.10. The maximum atomic E-state index is 12.1. The number of esters is 1. The van der Waals surface area contributed by atoms with E-state index in [-0.39, 0.29) is 16.1 Å². The van der Waals surface area contributed by atoms with E-state index in [2.05, 4.69) is 15.0 Å². The van der Waals surface area contributed by atoms with Crippen LogP contribution in [0, 0.1) is 0 Å². The Morgan fingerprint density at radius 3 is 2.65 bits per heavy atom. The minimum atomic E-state index is -0.529. The fourth-order valence-corrected chi connectivity index (χ4v) is 1.81. The molecule has 102 valence electrons. The zero-order valence-electron chi connectivity index (χ0n) is 10.6. The molecule has 0 radical (unpaired) electrons. The Kier molecular flexibility index (Phi) is 4.32. The van der Waals surface area contributed by atoms with Crippen molar-refractivity contribution in [1.82, 2.24) is 4.98 Å². The molecule has 6 heteroatoms. The molecule has 0 saturated heterocycles. The summed E-state index contributed by atoms with van der Waals surface area (Å²) in [6, 6.07) is 8.06. The zero-order valence-corrected chi connectivity index (χ0v) is 11.3. The van der Waals surface area contributed by atoms with E-state index in [4.69, 9.17) is 11.6 Å². The highest BCUT2D eigenvalue weighted by Crippen LogP contribution is 2.19. The number of nitrogens with one attached hydrogen (secondary N) is 1. The maximum Gasteiger partial charge on any atom is 0.339 e. The summed E-state index contributed by atoms with van der Waals surface area (Å²) in [6.45, 7) is 0. The molecular weight excluding hydrogens is 280 g/mol. The van der Waals surface area contributed by atoms with Gasteiger partial charge >= 0.3 is 5.97 Å². The van der Waals surface area contributed by atoms with E-state index in [1.807, 2.05) is 0 Å². The number of hydrogen-bond donors (Lipinski definition) is 1. The van der Waals surface area contributed by atoms with Crippen LogP contribution in [0.25, 0.3) is 0 Å². The molecule has 1 heterocycles. The quantitative estimate of drug-likeness (QED) is 0.883. The third kappa shape index (κ3) is 2.95. The topological polar surface area (TPSA) is 68.3 Å². The number of para-hydroxylation sites is 1. The number of carbonyl (C=O) groups excluding carboxylic acids is 2. The van der Waals surface area contributed by atoms with Gasteiger partial charge in [0.2, 0.25) is 0 Å². The van der Waals surface area contributed by atoms with Crippen LogP contribution in [0.2, 0.25) is 5.02 Å². The van der Waals surface area contributed by atoms with E-state index in [1.54, 1.807) is 24.3 Å². The molecule has 0 spiro atoms. The number of hydrogen-bond acceptors (Lipinski definition) is 4. The Bertz CT molecular complexity index is 658. The first kappa shape index (κ1) is 14.0. The number of halogens is 1. The van der Waals surface area contributed by atoms with Crippen LogP contribution in [0.15, 0.2) is 42.7 Å². The van der Waals surface area contributed by atoms with E-state index in [9.17, 15) is 9.59 Å². The van der Waals surface area contributed by atoms with Gasteiger partial charge in [-0.3, -0.25) is 9.78 Å². The van der Waals surface area contributed by atoms with Gasteiger partial charge in [0, 0.05) is 12.4 Å². The lowest BCUT2D eigenvalue weighted by atomic mass is 10.1. The van der Waals surface area contributed by atoms with Gasteiger partial charge in [-0.25, -0.2) is 4.79 Å². The molecule has 0 aliphatic carbocycles. The fourth-order valence-electron chi connectivity index (χ4n) is 1.61. The second-order valence-electron chi connectivity index (χ2n) is 3.85. The first-order valence-corrected chi connectivity index (χ1v) is 6.09. The monoisotopic (exact) mass is 290 g/mol. The zero-order chi connectivity index (χ0) is 14.5. The Labute approximate surface area is 120 Å². The number of ether oxygens (including phenoxy) is 1. The molecular formula is C14H11ClN2O3. The molecule has 0 aliphatic heterocycles. The number of methoxy groups -OCH3 is 1. The predicted octanol–water partition coefficient (Wildman–Crippen LogP) is 2.77. The number of aromatic nitrogens is 1. The van der Waals surface area contributed by atoms with Crippen molar-refractivity contribution < 1.29 is 14.3 Å². The molecule has 1 aromatic carbocycles. The molecule has 0 atom stereocenters. The second-order valence-corrected chi connectivity index (χ2v) is 4.25. The van der Waals surface area contributed by atoms with Crippen molar-refractivity contribution in [1.29, 1.82) is 0 Å².